The summed E-state index contributed by atoms with van der Waals surface area (Å²) in [5.74, 6) is -0.207. The number of hydrogen-bond acceptors (Lipinski definition) is 5. The summed E-state index contributed by atoms with van der Waals surface area (Å²) in [7, 11) is 0.500. The fourth-order valence-corrected chi connectivity index (χ4v) is 5.16. The lowest BCUT2D eigenvalue weighted by molar-refractivity contribution is -0.0900. The Balaban J connectivity index is 0.00000176. The summed E-state index contributed by atoms with van der Waals surface area (Å²) in [6.45, 7) is 2.72. The SMILES string of the molecule is CC1C=C(CN(c2ccc(C#N)c(Cl)c2)[C@H]2CCN(C(=O)c3cscn3)C2)C(C(F)(F)F)=CC1.CF. The number of rotatable bonds is 5. The third-order valence-corrected chi connectivity index (χ3v) is 7.02. The van der Waals surface area contributed by atoms with Gasteiger partial charge in [0.2, 0.25) is 0 Å². The van der Waals surface area contributed by atoms with Crippen LogP contribution in [0, 0.1) is 17.2 Å². The minimum Gasteiger partial charge on any atom is -0.362 e. The number of carbonyl (C=O) groups excluding carboxylic acids is 1. The van der Waals surface area contributed by atoms with Crippen LogP contribution in [0.25, 0.3) is 0 Å². The van der Waals surface area contributed by atoms with Gasteiger partial charge in [0.05, 0.1) is 28.8 Å². The fourth-order valence-electron chi connectivity index (χ4n) is 4.42. The van der Waals surface area contributed by atoms with Gasteiger partial charge in [-0.25, -0.2) is 4.98 Å². The molecule has 1 unspecified atom stereocenters. The summed E-state index contributed by atoms with van der Waals surface area (Å²) >= 11 is 7.60. The molecule has 2 aromatic rings. The van der Waals surface area contributed by atoms with Gasteiger partial charge in [-0.05, 0) is 42.5 Å². The molecule has 1 aromatic heterocycles. The number of carbonyl (C=O) groups is 1. The molecule has 0 saturated carbocycles. The Labute approximate surface area is 216 Å². The molecule has 0 spiro atoms. The van der Waals surface area contributed by atoms with Gasteiger partial charge in [0.25, 0.3) is 5.91 Å². The molecule has 1 aliphatic carbocycles. The molecule has 192 valence electrons. The monoisotopic (exact) mass is 540 g/mol. The van der Waals surface area contributed by atoms with Crippen molar-refractivity contribution in [1.82, 2.24) is 9.88 Å². The minimum atomic E-state index is -4.46. The van der Waals surface area contributed by atoms with Crippen molar-refractivity contribution in [2.75, 3.05) is 31.7 Å². The second-order valence-corrected chi connectivity index (χ2v) is 9.62. The highest BCUT2D eigenvalue weighted by molar-refractivity contribution is 7.07. The van der Waals surface area contributed by atoms with E-state index < -0.39 is 11.7 Å². The van der Waals surface area contributed by atoms with Crippen LogP contribution < -0.4 is 4.90 Å². The molecule has 0 radical (unpaired) electrons. The molecular formula is C25H25ClF4N4OS. The average Bonchev–Trinajstić information content (AvgIpc) is 3.55. The summed E-state index contributed by atoms with van der Waals surface area (Å²) in [5.41, 5.74) is 2.44. The summed E-state index contributed by atoms with van der Waals surface area (Å²) in [4.78, 5) is 20.4. The molecule has 36 heavy (non-hydrogen) atoms. The van der Waals surface area contributed by atoms with E-state index >= 15 is 0 Å². The number of nitriles is 1. The molecule has 2 aliphatic rings. The predicted octanol–water partition coefficient (Wildman–Crippen LogP) is 6.43. The van der Waals surface area contributed by atoms with Crippen LogP contribution in [0.2, 0.25) is 5.02 Å². The van der Waals surface area contributed by atoms with E-state index in [1.54, 1.807) is 40.1 Å². The maximum atomic E-state index is 13.8. The highest BCUT2D eigenvalue weighted by Gasteiger charge is 2.39. The van der Waals surface area contributed by atoms with E-state index in [1.165, 1.54) is 17.4 Å². The van der Waals surface area contributed by atoms with Crippen LogP contribution in [-0.4, -0.2) is 54.8 Å². The second-order valence-electron chi connectivity index (χ2n) is 8.49. The van der Waals surface area contributed by atoms with Crippen molar-refractivity contribution in [3.8, 4) is 6.07 Å². The number of anilines is 1. The zero-order valence-electron chi connectivity index (χ0n) is 19.7. The third-order valence-electron chi connectivity index (χ3n) is 6.12. The molecule has 11 heteroatoms. The number of likely N-dealkylation sites (tertiary alicyclic amines) is 1. The molecule has 1 fully saturated rings. The van der Waals surface area contributed by atoms with Gasteiger partial charge in [-0.1, -0.05) is 30.7 Å². The smallest absolute Gasteiger partial charge is 0.362 e. The molecule has 0 bridgehead atoms. The number of aromatic nitrogens is 1. The maximum absolute atomic E-state index is 13.8. The first-order valence-corrected chi connectivity index (χ1v) is 12.5. The first-order chi connectivity index (χ1) is 17.2. The lowest BCUT2D eigenvalue weighted by atomic mass is 9.90. The quantitative estimate of drug-likeness (QED) is 0.410. The van der Waals surface area contributed by atoms with Crippen molar-refractivity contribution < 1.29 is 22.4 Å². The molecule has 5 nitrogen and oxygen atoms in total. The fraction of sp³-hybridized carbons (Fsp3) is 0.400. The Morgan fingerprint density at radius 3 is 2.72 bits per heavy atom. The van der Waals surface area contributed by atoms with Gasteiger partial charge in [-0.3, -0.25) is 9.18 Å². The molecular weight excluding hydrogens is 516 g/mol. The molecule has 1 aromatic carbocycles. The number of nitrogens with zero attached hydrogens (tertiary/aromatic N) is 4. The molecule has 1 aliphatic heterocycles. The van der Waals surface area contributed by atoms with E-state index in [0.717, 1.165) is 0 Å². The van der Waals surface area contributed by atoms with Crippen molar-refractivity contribution in [2.45, 2.75) is 32.0 Å². The molecule has 4 rings (SSSR count). The van der Waals surface area contributed by atoms with Crippen LogP contribution in [0.15, 0.2) is 52.4 Å². The van der Waals surface area contributed by atoms with Crippen molar-refractivity contribution in [2.24, 2.45) is 5.92 Å². The predicted molar refractivity (Wildman–Crippen MR) is 133 cm³/mol. The van der Waals surface area contributed by atoms with Gasteiger partial charge in [0.15, 0.2) is 0 Å². The lowest BCUT2D eigenvalue weighted by Crippen LogP contribution is -2.41. The van der Waals surface area contributed by atoms with Crippen molar-refractivity contribution in [1.29, 1.82) is 5.26 Å². The Bertz CT molecular complexity index is 1170. The summed E-state index contributed by atoms with van der Waals surface area (Å²) in [5, 5.41) is 11.1. The summed E-state index contributed by atoms with van der Waals surface area (Å²) in [6, 6.07) is 6.65. The zero-order chi connectivity index (χ0) is 26.5. The van der Waals surface area contributed by atoms with Crippen LogP contribution in [0.4, 0.5) is 23.2 Å². The van der Waals surface area contributed by atoms with E-state index in [-0.39, 0.29) is 35.0 Å². The van der Waals surface area contributed by atoms with Crippen LogP contribution in [-0.2, 0) is 0 Å². The Hall–Kier alpha value is -2.90. The minimum absolute atomic E-state index is 0.0150. The van der Waals surface area contributed by atoms with Crippen molar-refractivity contribution in [3.63, 3.8) is 0 Å². The summed E-state index contributed by atoms with van der Waals surface area (Å²) in [6.07, 6.45) is -0.602. The third kappa shape index (κ3) is 6.26. The zero-order valence-corrected chi connectivity index (χ0v) is 21.3. The molecule has 0 N–H and O–H groups in total. The van der Waals surface area contributed by atoms with Crippen LogP contribution in [0.5, 0.6) is 0 Å². The van der Waals surface area contributed by atoms with E-state index in [1.807, 2.05) is 17.9 Å². The topological polar surface area (TPSA) is 60.2 Å². The van der Waals surface area contributed by atoms with Crippen molar-refractivity contribution in [3.05, 3.63) is 68.7 Å². The number of halogens is 5. The van der Waals surface area contributed by atoms with E-state index in [0.29, 0.717) is 50.1 Å². The molecule has 1 saturated heterocycles. The highest BCUT2D eigenvalue weighted by Crippen LogP contribution is 2.38. The highest BCUT2D eigenvalue weighted by atomic mass is 35.5. The number of amides is 1. The van der Waals surface area contributed by atoms with Gasteiger partial charge in [-0.15, -0.1) is 11.3 Å². The van der Waals surface area contributed by atoms with Gasteiger partial charge >= 0.3 is 6.18 Å². The number of alkyl halides is 4. The Morgan fingerprint density at radius 2 is 2.11 bits per heavy atom. The lowest BCUT2D eigenvalue weighted by Gasteiger charge is -2.34. The molecule has 1 amide bonds. The molecule has 2 atom stereocenters. The largest absolute Gasteiger partial charge is 0.416 e. The van der Waals surface area contributed by atoms with Gasteiger partial charge in [-0.2, -0.15) is 18.4 Å². The van der Waals surface area contributed by atoms with E-state index in [4.69, 9.17) is 11.6 Å². The van der Waals surface area contributed by atoms with Crippen LogP contribution >= 0.6 is 22.9 Å². The standard InChI is InChI=1S/C24H22ClF3N4OS.CH3F/c1-15-2-5-20(24(26,27)28)17(8-15)11-32(18-4-3-16(10-29)21(25)9-18)19-6-7-31(12-19)23(33)22-13-34-14-30-22;1-2/h3-5,8-9,13-15,19H,2,6-7,11-12H2,1H3;1H3/t15?,19-;/m0./s1. The maximum Gasteiger partial charge on any atom is 0.416 e. The van der Waals surface area contributed by atoms with Gasteiger partial charge < -0.3 is 9.80 Å². The Kier molecular flexibility index (Phi) is 9.14. The first-order valence-electron chi connectivity index (χ1n) is 11.2. The number of hydrogen-bond donors (Lipinski definition) is 0. The summed E-state index contributed by atoms with van der Waals surface area (Å²) < 4.78 is 50.9. The number of allylic oxidation sites excluding steroid dienone is 2. The van der Waals surface area contributed by atoms with Gasteiger partial charge in [0, 0.05) is 36.7 Å². The van der Waals surface area contributed by atoms with Crippen molar-refractivity contribution >= 4 is 34.5 Å². The Morgan fingerprint density at radius 1 is 1.36 bits per heavy atom. The molecule has 2 heterocycles. The normalized spacial score (nSPS) is 19.6. The number of benzene rings is 1. The van der Waals surface area contributed by atoms with E-state index in [9.17, 15) is 27.6 Å². The van der Waals surface area contributed by atoms with E-state index in [2.05, 4.69) is 4.98 Å². The van der Waals surface area contributed by atoms with Crippen LogP contribution in [0.1, 0.15) is 35.8 Å². The average molecular weight is 541 g/mol. The second kappa shape index (κ2) is 11.9. The first kappa shape index (κ1) is 27.7. The van der Waals surface area contributed by atoms with Gasteiger partial charge in [0.1, 0.15) is 11.8 Å². The van der Waals surface area contributed by atoms with Crippen LogP contribution in [0.3, 0.4) is 0 Å². The number of thiazole rings is 1.